The van der Waals surface area contributed by atoms with Crippen molar-refractivity contribution in [2.45, 2.75) is 69.0 Å². The number of Topliss-reactive ketones (excluding diaryl/α,β-unsaturated/α-hetero) is 1. The van der Waals surface area contributed by atoms with E-state index in [-0.39, 0.29) is 30.5 Å². The molecule has 0 spiro atoms. The lowest BCUT2D eigenvalue weighted by atomic mass is 9.74. The maximum absolute atomic E-state index is 12.3. The van der Waals surface area contributed by atoms with Gasteiger partial charge in [0, 0.05) is 24.7 Å². The minimum atomic E-state index is -0.799. The molecule has 0 aliphatic heterocycles. The average Bonchev–Trinajstić information content (AvgIpc) is 2.89. The molecular weight excluding hydrogens is 344 g/mol. The first-order valence-corrected chi connectivity index (χ1v) is 9.81. The zero-order valence-corrected chi connectivity index (χ0v) is 15.5. The van der Waals surface area contributed by atoms with Crippen LogP contribution in [0.3, 0.4) is 0 Å². The van der Waals surface area contributed by atoms with Gasteiger partial charge in [0.15, 0.2) is 0 Å². The van der Waals surface area contributed by atoms with E-state index in [1.807, 2.05) is 36.4 Å². The zero-order valence-electron chi connectivity index (χ0n) is 15.5. The summed E-state index contributed by atoms with van der Waals surface area (Å²) in [5.74, 6) is -1.21. The van der Waals surface area contributed by atoms with Crippen LogP contribution in [-0.2, 0) is 15.2 Å². The highest BCUT2D eigenvalue weighted by atomic mass is 16.4. The Morgan fingerprint density at radius 2 is 1.89 bits per heavy atom. The van der Waals surface area contributed by atoms with Crippen molar-refractivity contribution in [3.8, 4) is 0 Å². The van der Waals surface area contributed by atoms with Gasteiger partial charge in [-0.15, -0.1) is 0 Å². The second-order valence-corrected chi connectivity index (χ2v) is 7.87. The van der Waals surface area contributed by atoms with Gasteiger partial charge in [-0.3, -0.25) is 9.59 Å². The van der Waals surface area contributed by atoms with Crippen LogP contribution in [0.4, 0.5) is 0 Å². The van der Waals surface area contributed by atoms with Crippen LogP contribution in [0.15, 0.2) is 36.4 Å². The van der Waals surface area contributed by atoms with E-state index >= 15 is 0 Å². The highest BCUT2D eigenvalue weighted by Gasteiger charge is 2.42. The van der Waals surface area contributed by atoms with E-state index in [0.717, 1.165) is 30.4 Å². The lowest BCUT2D eigenvalue weighted by molar-refractivity contribution is -0.137. The van der Waals surface area contributed by atoms with Gasteiger partial charge in [-0.2, -0.15) is 0 Å². The second kappa shape index (κ2) is 8.36. The monoisotopic (exact) mass is 372 g/mol. The number of rotatable bonds is 8. The first-order valence-electron chi connectivity index (χ1n) is 9.81. The molecule has 5 heteroatoms. The van der Waals surface area contributed by atoms with Crippen molar-refractivity contribution in [2.24, 2.45) is 5.92 Å². The first kappa shape index (κ1) is 19.8. The smallest absolute Gasteiger partial charge is 0.303 e. The van der Waals surface area contributed by atoms with Gasteiger partial charge in [-0.25, -0.2) is 0 Å². The Morgan fingerprint density at radius 1 is 1.19 bits per heavy atom. The number of carboxylic acids is 1. The molecule has 146 valence electrons. The molecule has 27 heavy (non-hydrogen) atoms. The third-order valence-electron chi connectivity index (χ3n) is 6.00. The quantitative estimate of drug-likeness (QED) is 0.481. The number of carbonyl (C=O) groups is 2. The number of carboxylic acid groups (broad SMARTS) is 1. The van der Waals surface area contributed by atoms with Crippen LogP contribution in [0.5, 0.6) is 0 Å². The standard InChI is InChI=1S/C22H28O5/c23-18-14-19(24)21(17(18)6-3-1-2-4-7-20(25)26)15-8-10-16(11-9-15)22(27)12-5-13-22/h1,3,8-11,17,19,21,24,27H,2,4-7,12-14H2,(H,25,26)/b3-1+. The molecule has 1 aromatic carbocycles. The molecule has 3 unspecified atom stereocenters. The van der Waals surface area contributed by atoms with Crippen molar-refractivity contribution in [3.05, 3.63) is 47.5 Å². The van der Waals surface area contributed by atoms with Crippen LogP contribution in [0.25, 0.3) is 0 Å². The molecular formula is C22H28O5. The summed E-state index contributed by atoms with van der Waals surface area (Å²) in [6.45, 7) is 0. The molecule has 0 radical (unpaired) electrons. The summed E-state index contributed by atoms with van der Waals surface area (Å²) in [7, 11) is 0. The van der Waals surface area contributed by atoms with E-state index in [1.54, 1.807) is 0 Å². The Balaban J connectivity index is 1.64. The van der Waals surface area contributed by atoms with Gasteiger partial charge in [0.2, 0.25) is 0 Å². The van der Waals surface area contributed by atoms with E-state index in [2.05, 4.69) is 0 Å². The topological polar surface area (TPSA) is 94.8 Å². The van der Waals surface area contributed by atoms with E-state index in [1.165, 1.54) is 0 Å². The molecule has 0 heterocycles. The van der Waals surface area contributed by atoms with Gasteiger partial charge < -0.3 is 15.3 Å². The molecule has 0 bridgehead atoms. The Hall–Kier alpha value is -1.98. The van der Waals surface area contributed by atoms with Crippen LogP contribution in [0.2, 0.25) is 0 Å². The van der Waals surface area contributed by atoms with Crippen LogP contribution >= 0.6 is 0 Å². The van der Waals surface area contributed by atoms with Crippen LogP contribution in [0, 0.1) is 5.92 Å². The van der Waals surface area contributed by atoms with E-state index < -0.39 is 17.7 Å². The minimum absolute atomic E-state index is 0.0735. The Kier molecular flexibility index (Phi) is 6.12. The molecule has 0 amide bonds. The molecule has 0 saturated heterocycles. The number of aliphatic carboxylic acids is 1. The predicted molar refractivity (Wildman–Crippen MR) is 101 cm³/mol. The summed E-state index contributed by atoms with van der Waals surface area (Å²) < 4.78 is 0. The fourth-order valence-electron chi connectivity index (χ4n) is 4.23. The number of aliphatic hydroxyl groups excluding tert-OH is 1. The summed E-state index contributed by atoms with van der Waals surface area (Å²) >= 11 is 0. The molecule has 0 aromatic heterocycles. The van der Waals surface area contributed by atoms with Gasteiger partial charge in [0.05, 0.1) is 11.7 Å². The number of unbranched alkanes of at least 4 members (excludes halogenated alkanes) is 1. The molecule has 5 nitrogen and oxygen atoms in total. The summed E-state index contributed by atoms with van der Waals surface area (Å²) in [5, 5.41) is 29.5. The molecule has 2 aliphatic carbocycles. The Morgan fingerprint density at radius 3 is 2.48 bits per heavy atom. The third kappa shape index (κ3) is 4.47. The maximum atomic E-state index is 12.3. The number of allylic oxidation sites excluding steroid dienone is 2. The highest BCUT2D eigenvalue weighted by Crippen LogP contribution is 2.43. The van der Waals surface area contributed by atoms with Crippen molar-refractivity contribution < 1.29 is 24.9 Å². The lowest BCUT2D eigenvalue weighted by Gasteiger charge is -2.37. The zero-order chi connectivity index (χ0) is 19.4. The van der Waals surface area contributed by atoms with Crippen LogP contribution in [0.1, 0.15) is 68.4 Å². The van der Waals surface area contributed by atoms with Crippen molar-refractivity contribution in [2.75, 3.05) is 0 Å². The van der Waals surface area contributed by atoms with Crippen LogP contribution in [-0.4, -0.2) is 33.2 Å². The second-order valence-electron chi connectivity index (χ2n) is 7.87. The number of carbonyl (C=O) groups excluding carboxylic acids is 1. The summed E-state index contributed by atoms with van der Waals surface area (Å²) in [6, 6.07) is 7.70. The number of benzene rings is 1. The van der Waals surface area contributed by atoms with E-state index in [4.69, 9.17) is 5.11 Å². The first-order chi connectivity index (χ1) is 12.9. The SMILES string of the molecule is O=C(O)CCC/C=C/CC1C(=O)CC(O)C1c1ccc(C2(O)CCC2)cc1. The molecule has 1 aromatic rings. The Bertz CT molecular complexity index is 702. The normalized spacial score (nSPS) is 27.0. The third-order valence-corrected chi connectivity index (χ3v) is 6.00. The fraction of sp³-hybridized carbons (Fsp3) is 0.545. The number of hydrogen-bond donors (Lipinski definition) is 3. The number of hydrogen-bond acceptors (Lipinski definition) is 4. The van der Waals surface area contributed by atoms with Crippen molar-refractivity contribution in [1.82, 2.24) is 0 Å². The van der Waals surface area contributed by atoms with Gasteiger partial charge in [0.1, 0.15) is 5.78 Å². The fourth-order valence-corrected chi connectivity index (χ4v) is 4.23. The predicted octanol–water partition coefficient (Wildman–Crippen LogP) is 3.29. The minimum Gasteiger partial charge on any atom is -0.481 e. The van der Waals surface area contributed by atoms with Gasteiger partial charge in [0.25, 0.3) is 0 Å². The Labute approximate surface area is 159 Å². The summed E-state index contributed by atoms with van der Waals surface area (Å²) in [5.41, 5.74) is 1.14. The maximum Gasteiger partial charge on any atom is 0.303 e. The molecule has 2 fully saturated rings. The van der Waals surface area contributed by atoms with Gasteiger partial charge in [-0.1, -0.05) is 36.4 Å². The highest BCUT2D eigenvalue weighted by molar-refractivity contribution is 5.85. The van der Waals surface area contributed by atoms with Crippen molar-refractivity contribution >= 4 is 11.8 Å². The number of ketones is 1. The summed E-state index contributed by atoms with van der Waals surface area (Å²) in [4.78, 5) is 22.9. The molecule has 3 rings (SSSR count). The average molecular weight is 372 g/mol. The van der Waals surface area contributed by atoms with Crippen molar-refractivity contribution in [3.63, 3.8) is 0 Å². The molecule has 3 atom stereocenters. The molecule has 3 N–H and O–H groups in total. The molecule has 2 saturated carbocycles. The van der Waals surface area contributed by atoms with E-state index in [9.17, 15) is 19.8 Å². The lowest BCUT2D eigenvalue weighted by Crippen LogP contribution is -2.33. The molecule has 2 aliphatic rings. The van der Waals surface area contributed by atoms with Crippen LogP contribution < -0.4 is 0 Å². The van der Waals surface area contributed by atoms with E-state index in [0.29, 0.717) is 19.3 Å². The largest absolute Gasteiger partial charge is 0.481 e. The summed E-state index contributed by atoms with van der Waals surface area (Å²) in [6.07, 6.45) is 7.91. The van der Waals surface area contributed by atoms with Gasteiger partial charge in [-0.05, 0) is 49.7 Å². The van der Waals surface area contributed by atoms with Crippen molar-refractivity contribution in [1.29, 1.82) is 0 Å². The number of aliphatic hydroxyl groups is 2. The van der Waals surface area contributed by atoms with Gasteiger partial charge >= 0.3 is 5.97 Å².